The molecular weight excluding hydrogens is 260 g/mol. The SMILES string of the molecule is O=C(O)c1cccc(C(=O)N2CCn3cnnc3C2)c1. The van der Waals surface area contributed by atoms with Gasteiger partial charge in [0.25, 0.3) is 5.91 Å². The van der Waals surface area contributed by atoms with Crippen LogP contribution in [0.5, 0.6) is 0 Å². The van der Waals surface area contributed by atoms with Gasteiger partial charge < -0.3 is 14.6 Å². The van der Waals surface area contributed by atoms with Gasteiger partial charge >= 0.3 is 5.97 Å². The molecule has 1 aliphatic heterocycles. The predicted molar refractivity (Wildman–Crippen MR) is 68.2 cm³/mol. The maximum atomic E-state index is 12.4. The van der Waals surface area contributed by atoms with Crippen LogP contribution in [0.3, 0.4) is 0 Å². The molecule has 2 heterocycles. The van der Waals surface area contributed by atoms with E-state index in [2.05, 4.69) is 10.2 Å². The Morgan fingerprint density at radius 1 is 1.20 bits per heavy atom. The first kappa shape index (κ1) is 12.3. The summed E-state index contributed by atoms with van der Waals surface area (Å²) >= 11 is 0. The summed E-state index contributed by atoms with van der Waals surface area (Å²) < 4.78 is 1.90. The maximum Gasteiger partial charge on any atom is 0.335 e. The maximum absolute atomic E-state index is 12.4. The molecular formula is C13H12N4O3. The minimum Gasteiger partial charge on any atom is -0.478 e. The lowest BCUT2D eigenvalue weighted by Gasteiger charge is -2.27. The van der Waals surface area contributed by atoms with Crippen molar-refractivity contribution >= 4 is 11.9 Å². The summed E-state index contributed by atoms with van der Waals surface area (Å²) in [6.45, 7) is 1.59. The topological polar surface area (TPSA) is 88.3 Å². The van der Waals surface area contributed by atoms with Crippen LogP contribution in [0.1, 0.15) is 26.5 Å². The molecule has 2 aromatic rings. The fourth-order valence-electron chi connectivity index (χ4n) is 2.21. The van der Waals surface area contributed by atoms with Crippen LogP contribution >= 0.6 is 0 Å². The van der Waals surface area contributed by atoms with Crippen LogP contribution in [-0.2, 0) is 13.1 Å². The van der Waals surface area contributed by atoms with Crippen molar-refractivity contribution in [2.24, 2.45) is 0 Å². The highest BCUT2D eigenvalue weighted by Gasteiger charge is 2.23. The largest absolute Gasteiger partial charge is 0.478 e. The van der Waals surface area contributed by atoms with Gasteiger partial charge in [0, 0.05) is 18.7 Å². The number of carbonyl (C=O) groups is 2. The molecule has 3 rings (SSSR count). The first-order valence-corrected chi connectivity index (χ1v) is 6.14. The van der Waals surface area contributed by atoms with Gasteiger partial charge in [-0.25, -0.2) is 4.79 Å². The Hall–Kier alpha value is -2.70. The highest BCUT2D eigenvalue weighted by molar-refractivity contribution is 5.97. The van der Waals surface area contributed by atoms with Crippen molar-refractivity contribution in [1.82, 2.24) is 19.7 Å². The molecule has 1 amide bonds. The number of benzene rings is 1. The standard InChI is InChI=1S/C13H12N4O3/c18-12(9-2-1-3-10(6-9)13(19)20)16-4-5-17-8-14-15-11(17)7-16/h1-3,6,8H,4-5,7H2,(H,19,20). The number of hydrogen-bond acceptors (Lipinski definition) is 4. The van der Waals surface area contributed by atoms with E-state index in [1.807, 2.05) is 4.57 Å². The van der Waals surface area contributed by atoms with Crippen LogP contribution in [-0.4, -0.2) is 43.2 Å². The average molecular weight is 272 g/mol. The smallest absolute Gasteiger partial charge is 0.335 e. The van der Waals surface area contributed by atoms with Gasteiger partial charge in [-0.2, -0.15) is 0 Å². The number of nitrogens with zero attached hydrogens (tertiary/aromatic N) is 4. The van der Waals surface area contributed by atoms with Gasteiger partial charge in [-0.15, -0.1) is 10.2 Å². The molecule has 0 unspecified atom stereocenters. The van der Waals surface area contributed by atoms with Gasteiger partial charge in [0.15, 0.2) is 5.82 Å². The monoisotopic (exact) mass is 272 g/mol. The summed E-state index contributed by atoms with van der Waals surface area (Å²) in [7, 11) is 0. The lowest BCUT2D eigenvalue weighted by atomic mass is 10.1. The van der Waals surface area contributed by atoms with E-state index >= 15 is 0 Å². The van der Waals surface area contributed by atoms with Crippen LogP contribution < -0.4 is 0 Å². The van der Waals surface area contributed by atoms with Gasteiger partial charge in [-0.05, 0) is 18.2 Å². The molecule has 7 heteroatoms. The van der Waals surface area contributed by atoms with Crippen LogP contribution in [0.4, 0.5) is 0 Å². The molecule has 20 heavy (non-hydrogen) atoms. The summed E-state index contributed by atoms with van der Waals surface area (Å²) in [4.78, 5) is 25.0. The van der Waals surface area contributed by atoms with E-state index in [0.717, 1.165) is 5.82 Å². The van der Waals surface area contributed by atoms with Crippen molar-refractivity contribution < 1.29 is 14.7 Å². The van der Waals surface area contributed by atoms with Gasteiger partial charge in [0.2, 0.25) is 0 Å². The molecule has 0 spiro atoms. The summed E-state index contributed by atoms with van der Waals surface area (Å²) in [6.07, 6.45) is 1.64. The number of fused-ring (bicyclic) bond motifs is 1. The van der Waals surface area contributed by atoms with E-state index in [4.69, 9.17) is 5.11 Å². The number of carboxylic acids is 1. The molecule has 1 aromatic carbocycles. The Kier molecular flexibility index (Phi) is 2.94. The zero-order valence-electron chi connectivity index (χ0n) is 10.6. The molecule has 0 aliphatic carbocycles. The van der Waals surface area contributed by atoms with Crippen LogP contribution in [0.2, 0.25) is 0 Å². The van der Waals surface area contributed by atoms with Crippen molar-refractivity contribution in [3.05, 3.63) is 47.5 Å². The Morgan fingerprint density at radius 3 is 2.80 bits per heavy atom. The first-order valence-electron chi connectivity index (χ1n) is 6.14. The summed E-state index contributed by atoms with van der Waals surface area (Å²) in [5.41, 5.74) is 0.480. The second kappa shape index (κ2) is 4.76. The van der Waals surface area contributed by atoms with Crippen molar-refractivity contribution in [3.8, 4) is 0 Å². The zero-order chi connectivity index (χ0) is 14.1. The lowest BCUT2D eigenvalue weighted by Crippen LogP contribution is -2.38. The molecule has 1 N–H and O–H groups in total. The number of aromatic nitrogens is 3. The third-order valence-electron chi connectivity index (χ3n) is 3.28. The number of carboxylic acid groups (broad SMARTS) is 1. The molecule has 0 bridgehead atoms. The zero-order valence-corrected chi connectivity index (χ0v) is 10.6. The molecule has 7 nitrogen and oxygen atoms in total. The van der Waals surface area contributed by atoms with Crippen LogP contribution in [0.25, 0.3) is 0 Å². The Morgan fingerprint density at radius 2 is 2.00 bits per heavy atom. The van der Waals surface area contributed by atoms with Crippen molar-refractivity contribution in [3.63, 3.8) is 0 Å². The van der Waals surface area contributed by atoms with E-state index in [1.54, 1.807) is 23.4 Å². The second-order valence-electron chi connectivity index (χ2n) is 4.55. The Labute approximate surface area is 114 Å². The van der Waals surface area contributed by atoms with Gasteiger partial charge in [-0.3, -0.25) is 4.79 Å². The van der Waals surface area contributed by atoms with E-state index in [-0.39, 0.29) is 11.5 Å². The molecule has 0 saturated heterocycles. The quantitative estimate of drug-likeness (QED) is 0.866. The predicted octanol–water partition coefficient (Wildman–Crippen LogP) is 0.632. The molecule has 102 valence electrons. The number of carbonyl (C=O) groups excluding carboxylic acids is 1. The molecule has 0 radical (unpaired) electrons. The minimum atomic E-state index is -1.04. The van der Waals surface area contributed by atoms with Crippen molar-refractivity contribution in [2.75, 3.05) is 6.54 Å². The molecule has 0 fully saturated rings. The summed E-state index contributed by atoms with van der Waals surface area (Å²) in [5, 5.41) is 16.7. The Balaban J connectivity index is 1.83. The molecule has 1 aliphatic rings. The van der Waals surface area contributed by atoms with E-state index < -0.39 is 5.97 Å². The molecule has 0 atom stereocenters. The third kappa shape index (κ3) is 2.13. The molecule has 1 aromatic heterocycles. The fraction of sp³-hybridized carbons (Fsp3) is 0.231. The van der Waals surface area contributed by atoms with Gasteiger partial charge in [0.05, 0.1) is 12.1 Å². The third-order valence-corrected chi connectivity index (χ3v) is 3.28. The van der Waals surface area contributed by atoms with Crippen LogP contribution in [0, 0.1) is 0 Å². The first-order chi connectivity index (χ1) is 9.65. The lowest BCUT2D eigenvalue weighted by molar-refractivity contribution is 0.0697. The fourth-order valence-corrected chi connectivity index (χ4v) is 2.21. The number of aromatic carboxylic acids is 1. The van der Waals surface area contributed by atoms with Gasteiger partial charge in [-0.1, -0.05) is 6.07 Å². The molecule has 0 saturated carbocycles. The van der Waals surface area contributed by atoms with Gasteiger partial charge in [0.1, 0.15) is 6.33 Å². The highest BCUT2D eigenvalue weighted by Crippen LogP contribution is 2.14. The van der Waals surface area contributed by atoms with E-state index in [0.29, 0.717) is 25.2 Å². The summed E-state index contributed by atoms with van der Waals surface area (Å²) in [6, 6.07) is 6.05. The van der Waals surface area contributed by atoms with Crippen LogP contribution in [0.15, 0.2) is 30.6 Å². The highest BCUT2D eigenvalue weighted by atomic mass is 16.4. The Bertz CT molecular complexity index is 680. The van der Waals surface area contributed by atoms with Crippen molar-refractivity contribution in [2.45, 2.75) is 13.1 Å². The van der Waals surface area contributed by atoms with E-state index in [1.165, 1.54) is 12.1 Å². The minimum absolute atomic E-state index is 0.107. The second-order valence-corrected chi connectivity index (χ2v) is 4.55. The van der Waals surface area contributed by atoms with Crippen molar-refractivity contribution in [1.29, 1.82) is 0 Å². The summed E-state index contributed by atoms with van der Waals surface area (Å²) in [5.74, 6) is -0.501. The normalized spacial score (nSPS) is 13.9. The average Bonchev–Trinajstić information content (AvgIpc) is 2.94. The number of rotatable bonds is 2. The number of hydrogen-bond donors (Lipinski definition) is 1. The number of amides is 1. The van der Waals surface area contributed by atoms with E-state index in [9.17, 15) is 9.59 Å².